The lowest BCUT2D eigenvalue weighted by molar-refractivity contribution is 0.0906. The molecule has 1 N–H and O–H groups in total. The fraction of sp³-hybridized carbons (Fsp3) is 0.435. The van der Waals surface area contributed by atoms with Crippen molar-refractivity contribution in [3.63, 3.8) is 0 Å². The number of carbonyl (C=O) groups excluding carboxylic acids is 1. The van der Waals surface area contributed by atoms with Gasteiger partial charge in [0, 0.05) is 25.7 Å². The van der Waals surface area contributed by atoms with Gasteiger partial charge in [-0.1, -0.05) is 49.7 Å². The molecule has 0 spiro atoms. The molecule has 2 aromatic carbocycles. The Hall–Kier alpha value is -2.33. The van der Waals surface area contributed by atoms with Gasteiger partial charge < -0.3 is 10.1 Å². The van der Waals surface area contributed by atoms with Gasteiger partial charge in [0.15, 0.2) is 0 Å². The molecule has 0 aromatic heterocycles. The van der Waals surface area contributed by atoms with Gasteiger partial charge in [0.25, 0.3) is 5.91 Å². The topological polar surface area (TPSA) is 41.6 Å². The van der Waals surface area contributed by atoms with E-state index >= 15 is 0 Å². The average Bonchev–Trinajstić information content (AvgIpc) is 2.70. The molecule has 4 nitrogen and oxygen atoms in total. The van der Waals surface area contributed by atoms with Gasteiger partial charge in [-0.2, -0.15) is 0 Å². The molecule has 1 heterocycles. The Kier molecular flexibility index (Phi) is 6.88. The van der Waals surface area contributed by atoms with Gasteiger partial charge in [0.05, 0.1) is 12.7 Å². The molecular formula is C23H30N2O2. The average molecular weight is 367 g/mol. The van der Waals surface area contributed by atoms with E-state index in [-0.39, 0.29) is 11.9 Å². The van der Waals surface area contributed by atoms with Crippen LogP contribution >= 0.6 is 0 Å². The summed E-state index contributed by atoms with van der Waals surface area (Å²) >= 11 is 0. The summed E-state index contributed by atoms with van der Waals surface area (Å²) in [6.45, 7) is 5.14. The molecule has 1 aliphatic rings. The van der Waals surface area contributed by atoms with Gasteiger partial charge in [0.2, 0.25) is 0 Å². The Morgan fingerprint density at radius 2 is 1.85 bits per heavy atom. The predicted molar refractivity (Wildman–Crippen MR) is 109 cm³/mol. The van der Waals surface area contributed by atoms with Crippen LogP contribution in [0.2, 0.25) is 0 Å². The molecule has 0 bridgehead atoms. The number of rotatable bonds is 7. The number of ether oxygens (including phenoxy) is 1. The highest BCUT2D eigenvalue weighted by Crippen LogP contribution is 2.22. The van der Waals surface area contributed by atoms with Crippen LogP contribution in [0.1, 0.15) is 47.7 Å². The summed E-state index contributed by atoms with van der Waals surface area (Å²) in [6, 6.07) is 16.7. The lowest BCUT2D eigenvalue weighted by Gasteiger charge is -2.32. The van der Waals surface area contributed by atoms with Crippen LogP contribution in [0, 0.1) is 0 Å². The maximum atomic E-state index is 12.8. The van der Waals surface area contributed by atoms with Crippen LogP contribution in [0.15, 0.2) is 48.5 Å². The van der Waals surface area contributed by atoms with Crippen LogP contribution in [-0.4, -0.2) is 37.0 Å². The quantitative estimate of drug-likeness (QED) is 0.804. The summed E-state index contributed by atoms with van der Waals surface area (Å²) in [4.78, 5) is 15.3. The Balaban J connectivity index is 1.55. The van der Waals surface area contributed by atoms with E-state index in [1.54, 1.807) is 7.11 Å². The molecule has 4 heteroatoms. The number of piperidine rings is 1. The summed E-state index contributed by atoms with van der Waals surface area (Å²) in [7, 11) is 1.62. The van der Waals surface area contributed by atoms with Crippen LogP contribution in [0.5, 0.6) is 5.75 Å². The Labute approximate surface area is 162 Å². The Morgan fingerprint density at radius 1 is 1.11 bits per heavy atom. The summed E-state index contributed by atoms with van der Waals surface area (Å²) in [5.74, 6) is 0.625. The Morgan fingerprint density at radius 3 is 2.52 bits per heavy atom. The standard InChI is InChI=1S/C23H30N2O2/c1-3-7-18-10-11-22(27-2)21(16-18)23(26)24-20-12-14-25(15-13-20)17-19-8-5-4-6-9-19/h4-6,8-11,16,20H,3,7,12-15,17H2,1-2H3,(H,24,26). The second kappa shape index (κ2) is 9.56. The molecule has 0 saturated carbocycles. The van der Waals surface area contributed by atoms with E-state index in [0.29, 0.717) is 11.3 Å². The first kappa shape index (κ1) is 19.4. The minimum Gasteiger partial charge on any atom is -0.496 e. The maximum absolute atomic E-state index is 12.8. The van der Waals surface area contributed by atoms with E-state index in [9.17, 15) is 4.79 Å². The molecule has 1 fully saturated rings. The van der Waals surface area contributed by atoms with Crippen molar-refractivity contribution >= 4 is 5.91 Å². The van der Waals surface area contributed by atoms with Crippen LogP contribution in [0.4, 0.5) is 0 Å². The number of nitrogens with zero attached hydrogens (tertiary/aromatic N) is 1. The van der Waals surface area contributed by atoms with Crippen LogP contribution in [0.25, 0.3) is 0 Å². The first-order valence-corrected chi connectivity index (χ1v) is 9.93. The van der Waals surface area contributed by atoms with E-state index in [1.807, 2.05) is 18.2 Å². The van der Waals surface area contributed by atoms with Crippen molar-refractivity contribution < 1.29 is 9.53 Å². The van der Waals surface area contributed by atoms with Gasteiger partial charge in [0.1, 0.15) is 5.75 Å². The highest BCUT2D eigenvalue weighted by atomic mass is 16.5. The number of benzene rings is 2. The molecule has 0 radical (unpaired) electrons. The molecule has 27 heavy (non-hydrogen) atoms. The van der Waals surface area contributed by atoms with Gasteiger partial charge in [-0.15, -0.1) is 0 Å². The third-order valence-corrected chi connectivity index (χ3v) is 5.22. The van der Waals surface area contributed by atoms with E-state index in [1.165, 1.54) is 11.1 Å². The van der Waals surface area contributed by atoms with Gasteiger partial charge in [-0.3, -0.25) is 9.69 Å². The van der Waals surface area contributed by atoms with Gasteiger partial charge >= 0.3 is 0 Å². The number of amides is 1. The zero-order valence-electron chi connectivity index (χ0n) is 16.4. The third-order valence-electron chi connectivity index (χ3n) is 5.22. The van der Waals surface area contributed by atoms with E-state index in [0.717, 1.165) is 45.3 Å². The van der Waals surface area contributed by atoms with E-state index in [2.05, 4.69) is 47.5 Å². The minimum atomic E-state index is -0.0219. The molecule has 0 unspecified atom stereocenters. The molecule has 2 aromatic rings. The highest BCUT2D eigenvalue weighted by molar-refractivity contribution is 5.97. The number of likely N-dealkylation sites (tertiary alicyclic amines) is 1. The van der Waals surface area contributed by atoms with Crippen molar-refractivity contribution in [1.82, 2.24) is 10.2 Å². The van der Waals surface area contributed by atoms with E-state index < -0.39 is 0 Å². The second-order valence-corrected chi connectivity index (χ2v) is 7.29. The van der Waals surface area contributed by atoms with Crippen LogP contribution in [-0.2, 0) is 13.0 Å². The van der Waals surface area contributed by atoms with Crippen molar-refractivity contribution in [1.29, 1.82) is 0 Å². The number of hydrogen-bond donors (Lipinski definition) is 1. The first-order chi connectivity index (χ1) is 13.2. The molecule has 1 aliphatic heterocycles. The van der Waals surface area contributed by atoms with Crippen molar-refractivity contribution in [2.24, 2.45) is 0 Å². The van der Waals surface area contributed by atoms with Crippen molar-refractivity contribution in [2.45, 2.75) is 45.2 Å². The lowest BCUT2D eigenvalue weighted by atomic mass is 10.0. The molecule has 0 atom stereocenters. The summed E-state index contributed by atoms with van der Waals surface area (Å²) in [5, 5.41) is 3.22. The summed E-state index contributed by atoms with van der Waals surface area (Å²) in [5.41, 5.74) is 3.17. The molecule has 3 rings (SSSR count). The number of nitrogens with one attached hydrogen (secondary N) is 1. The molecular weight excluding hydrogens is 336 g/mol. The highest BCUT2D eigenvalue weighted by Gasteiger charge is 2.22. The largest absolute Gasteiger partial charge is 0.496 e. The molecule has 0 aliphatic carbocycles. The SMILES string of the molecule is CCCc1ccc(OC)c(C(=O)NC2CCN(Cc3ccccc3)CC2)c1. The summed E-state index contributed by atoms with van der Waals surface area (Å²) in [6.07, 6.45) is 4.00. The van der Waals surface area contributed by atoms with Crippen molar-refractivity contribution in [3.8, 4) is 5.75 Å². The number of hydrogen-bond acceptors (Lipinski definition) is 3. The van der Waals surface area contributed by atoms with Crippen molar-refractivity contribution in [2.75, 3.05) is 20.2 Å². The molecule has 144 valence electrons. The number of methoxy groups -OCH3 is 1. The fourth-order valence-corrected chi connectivity index (χ4v) is 3.72. The van der Waals surface area contributed by atoms with Crippen LogP contribution in [0.3, 0.4) is 0 Å². The zero-order valence-corrected chi connectivity index (χ0v) is 16.4. The van der Waals surface area contributed by atoms with Gasteiger partial charge in [-0.25, -0.2) is 0 Å². The molecule has 1 saturated heterocycles. The van der Waals surface area contributed by atoms with Crippen LogP contribution < -0.4 is 10.1 Å². The molecule has 1 amide bonds. The Bertz CT molecular complexity index is 737. The first-order valence-electron chi connectivity index (χ1n) is 9.93. The minimum absolute atomic E-state index is 0.0219. The third kappa shape index (κ3) is 5.33. The fourth-order valence-electron chi connectivity index (χ4n) is 3.72. The summed E-state index contributed by atoms with van der Waals surface area (Å²) < 4.78 is 5.40. The maximum Gasteiger partial charge on any atom is 0.255 e. The lowest BCUT2D eigenvalue weighted by Crippen LogP contribution is -2.44. The zero-order chi connectivity index (χ0) is 19.1. The number of carbonyl (C=O) groups is 1. The van der Waals surface area contributed by atoms with E-state index in [4.69, 9.17) is 4.74 Å². The second-order valence-electron chi connectivity index (χ2n) is 7.29. The monoisotopic (exact) mass is 366 g/mol. The normalized spacial score (nSPS) is 15.5. The smallest absolute Gasteiger partial charge is 0.255 e. The van der Waals surface area contributed by atoms with Crippen molar-refractivity contribution in [3.05, 3.63) is 65.2 Å². The van der Waals surface area contributed by atoms with Gasteiger partial charge in [-0.05, 0) is 42.5 Å². The number of aryl methyl sites for hydroxylation is 1. The predicted octanol–water partition coefficient (Wildman–Crippen LogP) is 4.04.